The topological polar surface area (TPSA) is 41.1 Å². The highest BCUT2D eigenvalue weighted by Crippen LogP contribution is 2.25. The van der Waals surface area contributed by atoms with Crippen molar-refractivity contribution < 1.29 is 0 Å². The van der Waals surface area contributed by atoms with Crippen molar-refractivity contribution in [2.24, 2.45) is 0 Å². The number of aromatic nitrogens is 2. The van der Waals surface area contributed by atoms with Crippen LogP contribution in [0.2, 0.25) is 0 Å². The quantitative estimate of drug-likeness (QED) is 0.843. The lowest BCUT2D eigenvalue weighted by atomic mass is 10.2. The first-order valence-corrected chi connectivity index (χ1v) is 8.38. The van der Waals surface area contributed by atoms with Gasteiger partial charge in [0.15, 0.2) is 0 Å². The highest BCUT2D eigenvalue weighted by molar-refractivity contribution is 7.09. The summed E-state index contributed by atoms with van der Waals surface area (Å²) < 4.78 is 0. The zero-order valence-corrected chi connectivity index (χ0v) is 14.1. The third-order valence-corrected chi connectivity index (χ3v) is 4.18. The standard InChI is InChI=1S/C16H24N4S/c1-5-8-14-18-15(17-6-2)12(3)16(19-14)20(4)11-13-9-7-10-21-13/h7,9-10H,5-6,8,11H2,1-4H3,(H,17,18,19). The van der Waals surface area contributed by atoms with Gasteiger partial charge in [-0.1, -0.05) is 13.0 Å². The van der Waals surface area contributed by atoms with Crippen molar-refractivity contribution in [3.05, 3.63) is 33.8 Å². The molecule has 0 aliphatic rings. The lowest BCUT2D eigenvalue weighted by Gasteiger charge is -2.22. The van der Waals surface area contributed by atoms with Crippen molar-refractivity contribution in [1.82, 2.24) is 9.97 Å². The predicted molar refractivity (Wildman–Crippen MR) is 91.4 cm³/mol. The molecule has 1 N–H and O–H groups in total. The predicted octanol–water partition coefficient (Wildman–Crippen LogP) is 3.87. The molecule has 0 aliphatic heterocycles. The molecule has 2 rings (SSSR count). The Kier molecular flexibility index (Phi) is 5.56. The molecule has 4 nitrogen and oxygen atoms in total. The lowest BCUT2D eigenvalue weighted by molar-refractivity contribution is 0.809. The smallest absolute Gasteiger partial charge is 0.137 e. The van der Waals surface area contributed by atoms with Crippen molar-refractivity contribution in [1.29, 1.82) is 0 Å². The fourth-order valence-corrected chi connectivity index (χ4v) is 3.06. The molecular weight excluding hydrogens is 280 g/mol. The molecule has 0 saturated carbocycles. The van der Waals surface area contributed by atoms with Gasteiger partial charge in [0.2, 0.25) is 0 Å². The Morgan fingerprint density at radius 1 is 1.29 bits per heavy atom. The third kappa shape index (κ3) is 3.94. The minimum atomic E-state index is 0.873. The van der Waals surface area contributed by atoms with Crippen molar-refractivity contribution in [3.63, 3.8) is 0 Å². The van der Waals surface area contributed by atoms with Crippen LogP contribution >= 0.6 is 11.3 Å². The van der Waals surface area contributed by atoms with Crippen LogP contribution in [0.1, 0.15) is 36.5 Å². The average molecular weight is 304 g/mol. The Labute approximate surface area is 131 Å². The Morgan fingerprint density at radius 2 is 2.10 bits per heavy atom. The van der Waals surface area contributed by atoms with Gasteiger partial charge in [0, 0.05) is 30.5 Å². The summed E-state index contributed by atoms with van der Waals surface area (Å²) in [5.74, 6) is 2.91. The number of hydrogen-bond donors (Lipinski definition) is 1. The first kappa shape index (κ1) is 15.8. The molecule has 0 amide bonds. The summed E-state index contributed by atoms with van der Waals surface area (Å²) in [5, 5.41) is 5.47. The molecule has 0 saturated heterocycles. The number of hydrogen-bond acceptors (Lipinski definition) is 5. The van der Waals surface area contributed by atoms with Crippen molar-refractivity contribution in [3.8, 4) is 0 Å². The summed E-state index contributed by atoms with van der Waals surface area (Å²) in [6, 6.07) is 4.25. The van der Waals surface area contributed by atoms with E-state index in [9.17, 15) is 0 Å². The Hall–Kier alpha value is -1.62. The van der Waals surface area contributed by atoms with Gasteiger partial charge in [0.1, 0.15) is 17.5 Å². The minimum absolute atomic E-state index is 0.873. The molecule has 2 aromatic heterocycles. The summed E-state index contributed by atoms with van der Waals surface area (Å²) in [6.07, 6.45) is 1.97. The van der Waals surface area contributed by atoms with Crippen molar-refractivity contribution >= 4 is 23.0 Å². The van der Waals surface area contributed by atoms with Gasteiger partial charge in [-0.15, -0.1) is 11.3 Å². The molecule has 0 fully saturated rings. The van der Waals surface area contributed by atoms with E-state index in [0.717, 1.165) is 49.0 Å². The van der Waals surface area contributed by atoms with Crippen LogP contribution in [0.4, 0.5) is 11.6 Å². The maximum absolute atomic E-state index is 4.76. The van der Waals surface area contributed by atoms with Crippen LogP contribution in [0, 0.1) is 6.92 Å². The fraction of sp³-hybridized carbons (Fsp3) is 0.500. The normalized spacial score (nSPS) is 10.7. The van der Waals surface area contributed by atoms with E-state index in [0.29, 0.717) is 0 Å². The Bertz CT molecular complexity index is 566. The van der Waals surface area contributed by atoms with E-state index in [-0.39, 0.29) is 0 Å². The van der Waals surface area contributed by atoms with Crippen LogP contribution in [-0.4, -0.2) is 23.6 Å². The molecule has 21 heavy (non-hydrogen) atoms. The molecule has 0 aromatic carbocycles. The van der Waals surface area contributed by atoms with Gasteiger partial charge in [0.05, 0.1) is 6.54 Å². The summed E-state index contributed by atoms with van der Waals surface area (Å²) >= 11 is 1.78. The summed E-state index contributed by atoms with van der Waals surface area (Å²) in [7, 11) is 2.10. The van der Waals surface area contributed by atoms with Crippen LogP contribution < -0.4 is 10.2 Å². The Balaban J connectivity index is 2.30. The molecule has 0 atom stereocenters. The number of rotatable bonds is 7. The highest BCUT2D eigenvalue weighted by atomic mass is 32.1. The first-order valence-electron chi connectivity index (χ1n) is 7.50. The molecule has 0 aliphatic carbocycles. The zero-order chi connectivity index (χ0) is 15.2. The van der Waals surface area contributed by atoms with E-state index < -0.39 is 0 Å². The Morgan fingerprint density at radius 3 is 2.71 bits per heavy atom. The zero-order valence-electron chi connectivity index (χ0n) is 13.3. The van der Waals surface area contributed by atoms with E-state index in [4.69, 9.17) is 4.98 Å². The van der Waals surface area contributed by atoms with E-state index >= 15 is 0 Å². The summed E-state index contributed by atoms with van der Waals surface area (Å²) in [6.45, 7) is 8.10. The van der Waals surface area contributed by atoms with Crippen LogP contribution in [0.3, 0.4) is 0 Å². The number of anilines is 2. The maximum atomic E-state index is 4.76. The van der Waals surface area contributed by atoms with Crippen LogP contribution in [0.15, 0.2) is 17.5 Å². The van der Waals surface area contributed by atoms with Crippen LogP contribution in [0.5, 0.6) is 0 Å². The van der Waals surface area contributed by atoms with Gasteiger partial charge in [-0.05, 0) is 31.7 Å². The average Bonchev–Trinajstić information content (AvgIpc) is 2.95. The first-order chi connectivity index (χ1) is 10.2. The summed E-state index contributed by atoms with van der Waals surface area (Å²) in [5.41, 5.74) is 1.12. The second kappa shape index (κ2) is 7.41. The molecule has 114 valence electrons. The lowest BCUT2D eigenvalue weighted by Crippen LogP contribution is -2.20. The SMILES string of the molecule is CCCc1nc(NCC)c(C)c(N(C)Cc2cccs2)n1. The van der Waals surface area contributed by atoms with Gasteiger partial charge in [0.25, 0.3) is 0 Å². The van der Waals surface area contributed by atoms with Crippen molar-refractivity contribution in [2.45, 2.75) is 40.2 Å². The van der Waals surface area contributed by atoms with E-state index in [2.05, 4.69) is 60.5 Å². The fourth-order valence-electron chi connectivity index (χ4n) is 2.31. The number of nitrogens with one attached hydrogen (secondary N) is 1. The van der Waals surface area contributed by atoms with E-state index in [1.54, 1.807) is 11.3 Å². The van der Waals surface area contributed by atoms with Gasteiger partial charge in [-0.3, -0.25) is 0 Å². The van der Waals surface area contributed by atoms with Crippen LogP contribution in [0.25, 0.3) is 0 Å². The molecular formula is C16H24N4S. The molecule has 0 radical (unpaired) electrons. The van der Waals surface area contributed by atoms with Gasteiger partial charge in [-0.25, -0.2) is 9.97 Å². The molecule has 0 unspecified atom stereocenters. The molecule has 0 bridgehead atoms. The van der Waals surface area contributed by atoms with Gasteiger partial charge in [-0.2, -0.15) is 0 Å². The second-order valence-corrected chi connectivity index (χ2v) is 6.19. The van der Waals surface area contributed by atoms with E-state index in [1.165, 1.54) is 4.88 Å². The monoisotopic (exact) mass is 304 g/mol. The summed E-state index contributed by atoms with van der Waals surface area (Å²) in [4.78, 5) is 13.0. The largest absolute Gasteiger partial charge is 0.370 e. The number of aryl methyl sites for hydroxylation is 1. The number of nitrogens with zero attached hydrogens (tertiary/aromatic N) is 3. The second-order valence-electron chi connectivity index (χ2n) is 5.15. The minimum Gasteiger partial charge on any atom is -0.370 e. The molecule has 2 aromatic rings. The number of thiophene rings is 1. The molecule has 0 spiro atoms. The molecule has 5 heteroatoms. The van der Waals surface area contributed by atoms with Gasteiger partial charge >= 0.3 is 0 Å². The molecule has 2 heterocycles. The van der Waals surface area contributed by atoms with Crippen LogP contribution in [-0.2, 0) is 13.0 Å². The highest BCUT2D eigenvalue weighted by Gasteiger charge is 2.14. The van der Waals surface area contributed by atoms with Gasteiger partial charge < -0.3 is 10.2 Å². The van der Waals surface area contributed by atoms with E-state index in [1.807, 2.05) is 0 Å². The third-order valence-electron chi connectivity index (χ3n) is 3.32. The maximum Gasteiger partial charge on any atom is 0.137 e. The van der Waals surface area contributed by atoms with Crippen molar-refractivity contribution in [2.75, 3.05) is 23.8 Å².